The summed E-state index contributed by atoms with van der Waals surface area (Å²) < 4.78 is 27.3. The van der Waals surface area contributed by atoms with Crippen molar-refractivity contribution in [1.29, 1.82) is 0 Å². The topological polar surface area (TPSA) is 130 Å². The molecule has 3 N–H and O–H groups in total. The Morgan fingerprint density at radius 1 is 0.974 bits per heavy atom. The minimum atomic E-state index is -3.91. The van der Waals surface area contributed by atoms with Crippen molar-refractivity contribution < 1.29 is 28.5 Å². The highest BCUT2D eigenvalue weighted by Crippen LogP contribution is 2.45. The second-order valence-corrected chi connectivity index (χ2v) is 12.0. The number of carbonyl (C=O) groups is 1. The average molecular weight is 567 g/mol. The van der Waals surface area contributed by atoms with Crippen LogP contribution < -0.4 is 0 Å². The van der Waals surface area contributed by atoms with Gasteiger partial charge in [-0.05, 0) is 55.0 Å². The van der Waals surface area contributed by atoms with E-state index in [9.17, 15) is 28.5 Å². The third-order valence-corrected chi connectivity index (χ3v) is 9.33. The largest absolute Gasteiger partial charge is 0.508 e. The maximum atomic E-state index is 13.7. The molecule has 0 radical (unpaired) electrons. The highest BCUT2D eigenvalue weighted by Gasteiger charge is 2.32. The number of aromatic nitrogens is 2. The van der Waals surface area contributed by atoms with Crippen LogP contribution in [0.1, 0.15) is 21.5 Å². The second kappa shape index (κ2) is 9.64. The number of nitrogens with zero attached hydrogens (tertiary/aromatic N) is 2. The molecule has 11 heteroatoms. The van der Waals surface area contributed by atoms with Gasteiger partial charge in [-0.15, -0.1) is 0 Å². The first-order valence-electron chi connectivity index (χ1n) is 11.1. The number of thiazole rings is 1. The number of ketones is 1. The van der Waals surface area contributed by atoms with Gasteiger partial charge in [0.05, 0.1) is 22.3 Å². The number of benzene rings is 3. The van der Waals surface area contributed by atoms with Gasteiger partial charge in [-0.3, -0.25) is 9.36 Å². The fraction of sp³-hybridized carbons (Fsp3) is 0.0370. The van der Waals surface area contributed by atoms with Crippen molar-refractivity contribution in [2.45, 2.75) is 16.0 Å². The predicted molar refractivity (Wildman–Crippen MR) is 143 cm³/mol. The van der Waals surface area contributed by atoms with Crippen molar-refractivity contribution in [1.82, 2.24) is 9.55 Å². The normalized spacial score (nSPS) is 11.5. The SMILES string of the molecule is Cc1cc(O)ccc1C(=O)c1c(O)c(O)n(-c2ncc(S(=O)(=O)c3ccccc3)s2)c1-c1cccc(Cl)c1. The van der Waals surface area contributed by atoms with E-state index in [0.717, 1.165) is 22.1 Å². The lowest BCUT2D eigenvalue weighted by molar-refractivity contribution is 0.103. The van der Waals surface area contributed by atoms with Gasteiger partial charge in [-0.25, -0.2) is 13.4 Å². The van der Waals surface area contributed by atoms with Gasteiger partial charge in [0.25, 0.3) is 0 Å². The number of phenolic OH excluding ortho intramolecular Hbond substituents is 1. The van der Waals surface area contributed by atoms with Crippen LogP contribution in [0.15, 0.2) is 88.1 Å². The van der Waals surface area contributed by atoms with E-state index in [2.05, 4.69) is 4.98 Å². The molecule has 3 aromatic carbocycles. The van der Waals surface area contributed by atoms with E-state index in [4.69, 9.17) is 11.6 Å². The fourth-order valence-corrected chi connectivity index (χ4v) is 6.83. The van der Waals surface area contributed by atoms with E-state index < -0.39 is 27.2 Å². The zero-order valence-electron chi connectivity index (χ0n) is 19.7. The highest BCUT2D eigenvalue weighted by molar-refractivity contribution is 7.93. The molecule has 0 saturated carbocycles. The first kappa shape index (κ1) is 25.5. The number of sulfone groups is 1. The van der Waals surface area contributed by atoms with Crippen LogP contribution in [-0.4, -0.2) is 39.1 Å². The molecule has 0 aliphatic carbocycles. The first-order valence-corrected chi connectivity index (χ1v) is 13.8. The van der Waals surface area contributed by atoms with Gasteiger partial charge in [0.15, 0.2) is 16.7 Å². The molecular weight excluding hydrogens is 548 g/mol. The smallest absolute Gasteiger partial charge is 0.242 e. The molecule has 2 heterocycles. The fourth-order valence-electron chi connectivity index (χ4n) is 4.09. The van der Waals surface area contributed by atoms with Crippen LogP contribution in [0.3, 0.4) is 0 Å². The number of hydrogen-bond acceptors (Lipinski definition) is 8. The Kier molecular flexibility index (Phi) is 6.47. The van der Waals surface area contributed by atoms with Crippen molar-refractivity contribution in [2.24, 2.45) is 0 Å². The van der Waals surface area contributed by atoms with Gasteiger partial charge < -0.3 is 15.3 Å². The van der Waals surface area contributed by atoms with E-state index in [1.165, 1.54) is 30.3 Å². The van der Waals surface area contributed by atoms with Gasteiger partial charge in [0, 0.05) is 16.1 Å². The number of aromatic hydroxyl groups is 3. The second-order valence-electron chi connectivity index (χ2n) is 8.35. The van der Waals surface area contributed by atoms with Crippen LogP contribution in [0.5, 0.6) is 17.4 Å². The summed E-state index contributed by atoms with van der Waals surface area (Å²) in [5.74, 6) is -2.07. The Balaban J connectivity index is 1.75. The van der Waals surface area contributed by atoms with E-state index in [1.54, 1.807) is 49.4 Å². The zero-order valence-corrected chi connectivity index (χ0v) is 22.0. The Hall–Kier alpha value is -4.12. The third kappa shape index (κ3) is 4.32. The highest BCUT2D eigenvalue weighted by atomic mass is 35.5. The monoisotopic (exact) mass is 566 g/mol. The van der Waals surface area contributed by atoms with Crippen LogP contribution in [-0.2, 0) is 9.84 Å². The molecule has 38 heavy (non-hydrogen) atoms. The van der Waals surface area contributed by atoms with E-state index in [-0.39, 0.29) is 36.8 Å². The number of halogens is 1. The zero-order chi connectivity index (χ0) is 27.2. The van der Waals surface area contributed by atoms with E-state index in [0.29, 0.717) is 16.1 Å². The number of carbonyl (C=O) groups excluding carboxylic acids is 1. The first-order chi connectivity index (χ1) is 18.1. The molecule has 8 nitrogen and oxygen atoms in total. The van der Waals surface area contributed by atoms with Crippen LogP contribution in [0.4, 0.5) is 0 Å². The molecule has 0 atom stereocenters. The van der Waals surface area contributed by atoms with Crippen LogP contribution in [0, 0.1) is 6.92 Å². The third-order valence-electron chi connectivity index (χ3n) is 5.88. The van der Waals surface area contributed by atoms with Crippen LogP contribution in [0.25, 0.3) is 16.4 Å². The molecule has 0 amide bonds. The van der Waals surface area contributed by atoms with Crippen molar-refractivity contribution >= 4 is 38.6 Å². The summed E-state index contributed by atoms with van der Waals surface area (Å²) in [6, 6.07) is 18.4. The predicted octanol–water partition coefficient (Wildman–Crippen LogP) is 5.74. The summed E-state index contributed by atoms with van der Waals surface area (Å²) in [7, 11) is -3.91. The quantitative estimate of drug-likeness (QED) is 0.223. The molecule has 5 rings (SSSR count). The molecule has 0 saturated heterocycles. The van der Waals surface area contributed by atoms with Crippen LogP contribution >= 0.6 is 22.9 Å². The molecule has 0 aliphatic heterocycles. The minimum Gasteiger partial charge on any atom is -0.508 e. The van der Waals surface area contributed by atoms with Crippen molar-refractivity contribution in [3.63, 3.8) is 0 Å². The minimum absolute atomic E-state index is 0.00348. The maximum absolute atomic E-state index is 13.7. The summed E-state index contributed by atoms with van der Waals surface area (Å²) in [6.45, 7) is 1.63. The summed E-state index contributed by atoms with van der Waals surface area (Å²) in [5.41, 5.74) is 0.837. The van der Waals surface area contributed by atoms with Crippen molar-refractivity contribution in [3.05, 3.63) is 101 Å². The number of rotatable bonds is 6. The van der Waals surface area contributed by atoms with Gasteiger partial charge in [-0.2, -0.15) is 0 Å². The summed E-state index contributed by atoms with van der Waals surface area (Å²) >= 11 is 6.99. The van der Waals surface area contributed by atoms with Crippen molar-refractivity contribution in [2.75, 3.05) is 0 Å². The summed E-state index contributed by atoms with van der Waals surface area (Å²) in [6.07, 6.45) is 1.16. The number of phenols is 1. The van der Waals surface area contributed by atoms with Gasteiger partial charge >= 0.3 is 0 Å². The van der Waals surface area contributed by atoms with Gasteiger partial charge in [0.1, 0.15) is 9.96 Å². The lowest BCUT2D eigenvalue weighted by atomic mass is 9.96. The standard InChI is InChI=1S/C27H19ClN2O6S2/c1-15-12-18(31)10-11-20(15)24(32)22-23(16-6-5-7-17(28)13-16)30(26(34)25(22)33)27-29-14-21(37-27)38(35,36)19-8-3-2-4-9-19/h2-14,31,33-34H,1H3. The van der Waals surface area contributed by atoms with E-state index in [1.807, 2.05) is 0 Å². The number of aryl methyl sites for hydroxylation is 1. The van der Waals surface area contributed by atoms with Gasteiger partial charge in [-0.1, -0.05) is 53.3 Å². The summed E-state index contributed by atoms with van der Waals surface area (Å²) in [4.78, 5) is 18.0. The average Bonchev–Trinajstić information content (AvgIpc) is 3.48. The summed E-state index contributed by atoms with van der Waals surface area (Å²) in [5, 5.41) is 32.1. The Labute approximate surface area is 226 Å². The lowest BCUT2D eigenvalue weighted by Crippen LogP contribution is -2.06. The molecule has 0 bridgehead atoms. The molecule has 0 aliphatic rings. The molecule has 0 spiro atoms. The van der Waals surface area contributed by atoms with Crippen molar-refractivity contribution in [3.8, 4) is 33.8 Å². The molecule has 2 aromatic heterocycles. The molecule has 192 valence electrons. The molecule has 0 unspecified atom stereocenters. The molecule has 5 aromatic rings. The van der Waals surface area contributed by atoms with E-state index >= 15 is 0 Å². The van der Waals surface area contributed by atoms with Crippen LogP contribution in [0.2, 0.25) is 5.02 Å². The Bertz CT molecular complexity index is 1810. The van der Waals surface area contributed by atoms with Gasteiger partial charge in [0.2, 0.25) is 15.7 Å². The lowest BCUT2D eigenvalue weighted by Gasteiger charge is -2.11. The molecule has 0 fully saturated rings. The number of hydrogen-bond donors (Lipinski definition) is 3. The molecular formula is C27H19ClN2O6S2. The Morgan fingerprint density at radius 2 is 1.71 bits per heavy atom. The Morgan fingerprint density at radius 3 is 2.39 bits per heavy atom. The maximum Gasteiger partial charge on any atom is 0.242 e.